The summed E-state index contributed by atoms with van der Waals surface area (Å²) in [5.41, 5.74) is 0. The molecule has 0 aliphatic carbocycles. The molecule has 0 aromatic heterocycles. The largest absolute Gasteiger partial charge is 0.466 e. The Morgan fingerprint density at radius 1 is 0.403 bits per heavy atom. The molecule has 2 unspecified atom stereocenters. The van der Waals surface area contributed by atoms with Crippen molar-refractivity contribution in [3.05, 3.63) is 24.3 Å². The fourth-order valence-corrected chi connectivity index (χ4v) is 9.32. The summed E-state index contributed by atoms with van der Waals surface area (Å²) in [6.07, 6.45) is 68.9. The molecule has 0 aliphatic heterocycles. The molecule has 3 N–H and O–H groups in total. The first kappa shape index (κ1) is 65.3. The van der Waals surface area contributed by atoms with Crippen molar-refractivity contribution in [1.82, 2.24) is 5.32 Å². The number of rotatable bonds is 56. The Morgan fingerprint density at radius 2 is 0.716 bits per heavy atom. The number of hydrogen-bond donors (Lipinski definition) is 3. The molecule has 2 atom stereocenters. The summed E-state index contributed by atoms with van der Waals surface area (Å²) in [7, 11) is 0. The van der Waals surface area contributed by atoms with Crippen molar-refractivity contribution in [2.75, 3.05) is 13.2 Å². The van der Waals surface area contributed by atoms with E-state index in [9.17, 15) is 19.8 Å². The van der Waals surface area contributed by atoms with Gasteiger partial charge < -0.3 is 20.3 Å². The van der Waals surface area contributed by atoms with Gasteiger partial charge in [0.2, 0.25) is 5.91 Å². The van der Waals surface area contributed by atoms with Crippen LogP contribution in [0.1, 0.15) is 328 Å². The zero-order chi connectivity index (χ0) is 48.6. The summed E-state index contributed by atoms with van der Waals surface area (Å²) in [6, 6.07) is -0.549. The summed E-state index contributed by atoms with van der Waals surface area (Å²) in [4.78, 5) is 24.5. The second-order valence-electron chi connectivity index (χ2n) is 20.7. The average Bonchev–Trinajstić information content (AvgIpc) is 3.33. The van der Waals surface area contributed by atoms with E-state index in [4.69, 9.17) is 4.74 Å². The van der Waals surface area contributed by atoms with Gasteiger partial charge in [-0.25, -0.2) is 0 Å². The van der Waals surface area contributed by atoms with E-state index in [1.807, 2.05) is 0 Å². The van der Waals surface area contributed by atoms with Crippen LogP contribution in [0.15, 0.2) is 24.3 Å². The molecule has 0 fully saturated rings. The number of allylic oxidation sites excluding steroid dienone is 4. The van der Waals surface area contributed by atoms with E-state index in [-0.39, 0.29) is 18.5 Å². The third-order valence-electron chi connectivity index (χ3n) is 14.0. The van der Waals surface area contributed by atoms with E-state index in [1.54, 1.807) is 0 Å². The fourth-order valence-electron chi connectivity index (χ4n) is 9.32. The van der Waals surface area contributed by atoms with Gasteiger partial charge in [0.15, 0.2) is 0 Å². The number of carbonyl (C=O) groups is 2. The maximum Gasteiger partial charge on any atom is 0.305 e. The lowest BCUT2D eigenvalue weighted by Crippen LogP contribution is -2.45. The van der Waals surface area contributed by atoms with Crippen molar-refractivity contribution in [3.63, 3.8) is 0 Å². The van der Waals surface area contributed by atoms with E-state index in [1.165, 1.54) is 250 Å². The van der Waals surface area contributed by atoms with Crippen molar-refractivity contribution < 1.29 is 24.5 Å². The average molecular weight is 945 g/mol. The monoisotopic (exact) mass is 944 g/mol. The molecule has 0 heterocycles. The molecular formula is C61H117NO5. The van der Waals surface area contributed by atoms with E-state index >= 15 is 0 Å². The lowest BCUT2D eigenvalue weighted by Gasteiger charge is -2.22. The molecule has 0 bridgehead atoms. The SMILES string of the molecule is CCCC/C=C\CCCCCCCC(=O)OCCCCCCCCCC/C=C\CCCCCCCCCC(=O)NC(CO)C(O)CCCCCCCCCCCCCCCCCCCCCC. The van der Waals surface area contributed by atoms with Crippen LogP contribution in [0, 0.1) is 0 Å². The Bertz CT molecular complexity index is 1040. The van der Waals surface area contributed by atoms with Gasteiger partial charge in [-0.05, 0) is 70.6 Å². The lowest BCUT2D eigenvalue weighted by molar-refractivity contribution is -0.143. The van der Waals surface area contributed by atoms with Gasteiger partial charge in [0.1, 0.15) is 0 Å². The summed E-state index contributed by atoms with van der Waals surface area (Å²) in [6.45, 7) is 4.92. The molecule has 396 valence electrons. The molecule has 0 spiro atoms. The molecule has 0 rings (SSSR count). The number of esters is 1. The number of aliphatic hydroxyl groups excluding tert-OH is 2. The third kappa shape index (κ3) is 53.5. The van der Waals surface area contributed by atoms with Gasteiger partial charge in [-0.15, -0.1) is 0 Å². The Hall–Kier alpha value is -1.66. The van der Waals surface area contributed by atoms with Crippen molar-refractivity contribution >= 4 is 11.9 Å². The topological polar surface area (TPSA) is 95.9 Å². The van der Waals surface area contributed by atoms with Gasteiger partial charge >= 0.3 is 5.97 Å². The quantitative estimate of drug-likeness (QED) is 0.0321. The van der Waals surface area contributed by atoms with Gasteiger partial charge in [-0.3, -0.25) is 9.59 Å². The Morgan fingerprint density at radius 3 is 1.10 bits per heavy atom. The molecule has 6 heteroatoms. The Balaban J connectivity index is 3.45. The van der Waals surface area contributed by atoms with Crippen molar-refractivity contribution in [3.8, 4) is 0 Å². The van der Waals surface area contributed by atoms with Crippen LogP contribution in [0.5, 0.6) is 0 Å². The number of aliphatic hydroxyl groups is 2. The highest BCUT2D eigenvalue weighted by molar-refractivity contribution is 5.76. The van der Waals surface area contributed by atoms with Crippen molar-refractivity contribution in [2.24, 2.45) is 0 Å². The first-order valence-corrected chi connectivity index (χ1v) is 30.1. The number of hydrogen-bond acceptors (Lipinski definition) is 5. The van der Waals surface area contributed by atoms with Gasteiger partial charge in [-0.1, -0.05) is 269 Å². The van der Waals surface area contributed by atoms with Crippen molar-refractivity contribution in [2.45, 2.75) is 341 Å². The molecule has 0 aromatic carbocycles. The highest BCUT2D eigenvalue weighted by atomic mass is 16.5. The van der Waals surface area contributed by atoms with Crippen LogP contribution >= 0.6 is 0 Å². The van der Waals surface area contributed by atoms with E-state index in [2.05, 4.69) is 43.5 Å². The predicted molar refractivity (Wildman–Crippen MR) is 292 cm³/mol. The Kier molecular flexibility index (Phi) is 55.5. The maximum absolute atomic E-state index is 12.5. The second-order valence-corrected chi connectivity index (χ2v) is 20.7. The lowest BCUT2D eigenvalue weighted by atomic mass is 10.0. The number of ether oxygens (including phenoxy) is 1. The minimum absolute atomic E-state index is 0.00676. The molecule has 0 saturated carbocycles. The third-order valence-corrected chi connectivity index (χ3v) is 14.0. The minimum Gasteiger partial charge on any atom is -0.466 e. The normalized spacial score (nSPS) is 12.7. The predicted octanol–water partition coefficient (Wildman–Crippen LogP) is 18.6. The molecule has 1 amide bonds. The first-order chi connectivity index (χ1) is 33.0. The second kappa shape index (κ2) is 56.9. The van der Waals surface area contributed by atoms with E-state index in [0.717, 1.165) is 44.9 Å². The van der Waals surface area contributed by atoms with Crippen LogP contribution in [0.25, 0.3) is 0 Å². The van der Waals surface area contributed by atoms with Crippen LogP contribution in [0.4, 0.5) is 0 Å². The van der Waals surface area contributed by atoms with Gasteiger partial charge in [0, 0.05) is 12.8 Å². The summed E-state index contributed by atoms with van der Waals surface area (Å²) in [5.74, 6) is -0.0488. The number of nitrogens with one attached hydrogen (secondary N) is 1. The molecule has 67 heavy (non-hydrogen) atoms. The number of amides is 1. The van der Waals surface area contributed by atoms with Crippen LogP contribution in [0.3, 0.4) is 0 Å². The van der Waals surface area contributed by atoms with Crippen molar-refractivity contribution in [1.29, 1.82) is 0 Å². The van der Waals surface area contributed by atoms with Gasteiger partial charge in [0.05, 0.1) is 25.4 Å². The standard InChI is InChI=1S/C61H117NO5/c1-3-5-7-9-11-13-15-16-17-18-19-21-24-27-30-34-37-41-45-49-53-59(64)58(57-63)62-60(65)54-50-46-42-38-35-31-28-25-22-20-23-26-29-32-36-40-44-48-52-56-67-61(66)55-51-47-43-39-33-14-12-10-8-6-4-2/h10,12,20,22,58-59,63-64H,3-9,11,13-19,21,23-57H2,1-2H3,(H,62,65)/b12-10-,22-20-. The highest BCUT2D eigenvalue weighted by Crippen LogP contribution is 2.17. The summed E-state index contributed by atoms with van der Waals surface area (Å²) >= 11 is 0. The fraction of sp³-hybridized carbons (Fsp3) is 0.902. The summed E-state index contributed by atoms with van der Waals surface area (Å²) in [5, 5.41) is 23.3. The number of unbranched alkanes of at least 4 members (excludes halogenated alkanes) is 41. The van der Waals surface area contributed by atoms with Crippen LogP contribution < -0.4 is 5.32 Å². The van der Waals surface area contributed by atoms with Gasteiger partial charge in [0.25, 0.3) is 0 Å². The van der Waals surface area contributed by atoms with E-state index < -0.39 is 12.1 Å². The maximum atomic E-state index is 12.5. The molecule has 6 nitrogen and oxygen atoms in total. The molecule has 0 radical (unpaired) electrons. The van der Waals surface area contributed by atoms with Crippen LogP contribution in [-0.4, -0.2) is 47.4 Å². The minimum atomic E-state index is -0.671. The highest BCUT2D eigenvalue weighted by Gasteiger charge is 2.20. The smallest absolute Gasteiger partial charge is 0.305 e. The van der Waals surface area contributed by atoms with Crippen LogP contribution in [-0.2, 0) is 14.3 Å². The molecule has 0 aromatic rings. The zero-order valence-electron chi connectivity index (χ0n) is 45.1. The number of carbonyl (C=O) groups excluding carboxylic acids is 2. The van der Waals surface area contributed by atoms with Crippen LogP contribution in [0.2, 0.25) is 0 Å². The Labute approximate surface area is 418 Å². The summed E-state index contributed by atoms with van der Waals surface area (Å²) < 4.78 is 5.45. The van der Waals surface area contributed by atoms with Gasteiger partial charge in [-0.2, -0.15) is 0 Å². The molecule has 0 saturated heterocycles. The molecule has 0 aliphatic rings. The first-order valence-electron chi connectivity index (χ1n) is 30.1. The zero-order valence-corrected chi connectivity index (χ0v) is 45.1. The molecular weight excluding hydrogens is 827 g/mol. The van der Waals surface area contributed by atoms with E-state index in [0.29, 0.717) is 25.9 Å².